The molecule has 0 saturated heterocycles. The third kappa shape index (κ3) is 4.80. The Hall–Kier alpha value is -2.98. The van der Waals surface area contributed by atoms with Gasteiger partial charge >= 0.3 is 0 Å². The summed E-state index contributed by atoms with van der Waals surface area (Å²) >= 11 is 0. The lowest BCUT2D eigenvalue weighted by molar-refractivity contribution is 0.0950. The Morgan fingerprint density at radius 2 is 1.59 bits per heavy atom. The van der Waals surface area contributed by atoms with Crippen LogP contribution >= 0.6 is 0 Å². The van der Waals surface area contributed by atoms with E-state index in [1.165, 1.54) is 5.56 Å². The molecule has 0 radical (unpaired) electrons. The molecular weight excluding hydrogens is 334 g/mol. The van der Waals surface area contributed by atoms with Crippen LogP contribution < -0.4 is 5.32 Å². The molecule has 0 aliphatic carbocycles. The van der Waals surface area contributed by atoms with E-state index >= 15 is 0 Å². The van der Waals surface area contributed by atoms with Gasteiger partial charge in [0.15, 0.2) is 0 Å². The van der Waals surface area contributed by atoms with Gasteiger partial charge in [0.05, 0.1) is 17.0 Å². The van der Waals surface area contributed by atoms with Crippen LogP contribution in [0.2, 0.25) is 0 Å². The number of nitrogens with one attached hydrogen (secondary N) is 1. The number of hydrogen-bond acceptors (Lipinski definition) is 3. The molecule has 3 aromatic rings. The maximum atomic E-state index is 12.7. The van der Waals surface area contributed by atoms with Gasteiger partial charge in [-0.2, -0.15) is 0 Å². The molecule has 1 amide bonds. The lowest BCUT2D eigenvalue weighted by Crippen LogP contribution is -2.25. The average molecular weight is 359 g/mol. The third-order valence-electron chi connectivity index (χ3n) is 4.44. The van der Waals surface area contributed by atoms with E-state index in [4.69, 9.17) is 0 Å². The molecule has 0 aliphatic heterocycles. The zero-order chi connectivity index (χ0) is 19.2. The van der Waals surface area contributed by atoms with Gasteiger partial charge in [-0.05, 0) is 44.3 Å². The van der Waals surface area contributed by atoms with Crippen molar-refractivity contribution in [3.05, 3.63) is 89.1 Å². The van der Waals surface area contributed by atoms with Gasteiger partial charge in [0, 0.05) is 18.7 Å². The highest BCUT2D eigenvalue weighted by Crippen LogP contribution is 2.19. The molecule has 27 heavy (non-hydrogen) atoms. The van der Waals surface area contributed by atoms with Crippen LogP contribution in [0.3, 0.4) is 0 Å². The molecule has 0 saturated carbocycles. The minimum atomic E-state index is -0.0979. The molecule has 1 heterocycles. The molecule has 3 rings (SSSR count). The minimum Gasteiger partial charge on any atom is -0.348 e. The zero-order valence-electron chi connectivity index (χ0n) is 16.1. The average Bonchev–Trinajstić information content (AvgIpc) is 2.67. The van der Waals surface area contributed by atoms with Crippen molar-refractivity contribution in [2.75, 3.05) is 14.1 Å². The van der Waals surface area contributed by atoms with Crippen LogP contribution in [0.4, 0.5) is 0 Å². The topological polar surface area (TPSA) is 45.2 Å². The highest BCUT2D eigenvalue weighted by molar-refractivity contribution is 5.95. The fraction of sp³-hybridized carbons (Fsp3) is 0.217. The number of pyridine rings is 1. The number of nitrogens with zero attached hydrogens (tertiary/aromatic N) is 2. The molecule has 1 N–H and O–H groups in total. The molecular formula is C23H25N3O. The van der Waals surface area contributed by atoms with Gasteiger partial charge in [-0.15, -0.1) is 0 Å². The third-order valence-corrected chi connectivity index (χ3v) is 4.44. The molecule has 0 spiro atoms. The van der Waals surface area contributed by atoms with E-state index in [1.54, 1.807) is 0 Å². The van der Waals surface area contributed by atoms with Crippen molar-refractivity contribution < 1.29 is 4.79 Å². The smallest absolute Gasteiger partial charge is 0.253 e. The second-order valence-corrected chi connectivity index (χ2v) is 6.88. The molecule has 2 aromatic carbocycles. The molecule has 0 atom stereocenters. The van der Waals surface area contributed by atoms with Gasteiger partial charge in [-0.25, -0.2) is 0 Å². The fourth-order valence-electron chi connectivity index (χ4n) is 3.07. The summed E-state index contributed by atoms with van der Waals surface area (Å²) in [5.74, 6) is -0.0979. The lowest BCUT2D eigenvalue weighted by Gasteiger charge is -2.15. The number of amides is 1. The number of rotatable bonds is 6. The molecule has 0 bridgehead atoms. The van der Waals surface area contributed by atoms with Crippen LogP contribution in [0.5, 0.6) is 0 Å². The Morgan fingerprint density at radius 3 is 2.26 bits per heavy atom. The normalized spacial score (nSPS) is 10.8. The molecule has 138 valence electrons. The second kappa shape index (κ2) is 8.60. The van der Waals surface area contributed by atoms with Crippen LogP contribution in [0.25, 0.3) is 11.3 Å². The standard InChI is InChI=1S/C23H25N3O/c1-17-21(13-14-22(25-17)18-9-5-4-6-10-18)23(27)24-15-19-11-7-8-12-20(19)16-26(2)3/h4-14H,15-16H2,1-3H3,(H,24,27). The van der Waals surface area contributed by atoms with Gasteiger partial charge in [0.2, 0.25) is 0 Å². The van der Waals surface area contributed by atoms with Crippen molar-refractivity contribution in [3.8, 4) is 11.3 Å². The highest BCUT2D eigenvalue weighted by Gasteiger charge is 2.12. The number of carbonyl (C=O) groups is 1. The van der Waals surface area contributed by atoms with Crippen LogP contribution in [0.1, 0.15) is 27.2 Å². The summed E-state index contributed by atoms with van der Waals surface area (Å²) in [6.45, 7) is 3.22. The molecule has 0 unspecified atom stereocenters. The number of benzene rings is 2. The number of carbonyl (C=O) groups excluding carboxylic acids is 1. The first-order valence-electron chi connectivity index (χ1n) is 9.07. The summed E-state index contributed by atoms with van der Waals surface area (Å²) in [6, 6.07) is 21.9. The van der Waals surface area contributed by atoms with Crippen LogP contribution in [0, 0.1) is 6.92 Å². The Morgan fingerprint density at radius 1 is 0.926 bits per heavy atom. The van der Waals surface area contributed by atoms with Crippen molar-refractivity contribution >= 4 is 5.91 Å². The Balaban J connectivity index is 1.72. The SMILES string of the molecule is Cc1nc(-c2ccccc2)ccc1C(=O)NCc1ccccc1CN(C)C. The number of aryl methyl sites for hydroxylation is 1. The molecule has 0 fully saturated rings. The molecule has 4 nitrogen and oxygen atoms in total. The Bertz CT molecular complexity index is 920. The summed E-state index contributed by atoms with van der Waals surface area (Å²) in [4.78, 5) is 19.4. The fourth-order valence-corrected chi connectivity index (χ4v) is 3.07. The first kappa shape index (κ1) is 18.8. The summed E-state index contributed by atoms with van der Waals surface area (Å²) in [5.41, 5.74) is 5.62. The number of hydrogen-bond donors (Lipinski definition) is 1. The molecule has 4 heteroatoms. The monoisotopic (exact) mass is 359 g/mol. The minimum absolute atomic E-state index is 0.0979. The quantitative estimate of drug-likeness (QED) is 0.722. The van der Waals surface area contributed by atoms with E-state index in [9.17, 15) is 4.79 Å². The van der Waals surface area contributed by atoms with Crippen LogP contribution in [-0.4, -0.2) is 29.9 Å². The summed E-state index contributed by atoms with van der Waals surface area (Å²) < 4.78 is 0. The lowest BCUT2D eigenvalue weighted by atomic mass is 10.1. The van der Waals surface area contributed by atoms with Crippen molar-refractivity contribution in [1.29, 1.82) is 0 Å². The second-order valence-electron chi connectivity index (χ2n) is 6.88. The highest BCUT2D eigenvalue weighted by atomic mass is 16.1. The van der Waals surface area contributed by atoms with Gasteiger partial charge in [0.1, 0.15) is 0 Å². The predicted octanol–water partition coefficient (Wildman–Crippen LogP) is 4.05. The Kier molecular flexibility index (Phi) is 5.99. The maximum absolute atomic E-state index is 12.7. The van der Waals surface area contributed by atoms with E-state index in [0.29, 0.717) is 12.1 Å². The van der Waals surface area contributed by atoms with Gasteiger partial charge < -0.3 is 10.2 Å². The van der Waals surface area contributed by atoms with Gasteiger partial charge in [-0.1, -0.05) is 54.6 Å². The van der Waals surface area contributed by atoms with Gasteiger partial charge in [0.25, 0.3) is 5.91 Å². The van der Waals surface area contributed by atoms with E-state index in [-0.39, 0.29) is 5.91 Å². The van der Waals surface area contributed by atoms with E-state index < -0.39 is 0 Å². The van der Waals surface area contributed by atoms with Crippen LogP contribution in [-0.2, 0) is 13.1 Å². The molecule has 1 aromatic heterocycles. The predicted molar refractivity (Wildman–Crippen MR) is 109 cm³/mol. The summed E-state index contributed by atoms with van der Waals surface area (Å²) in [7, 11) is 4.08. The first-order valence-corrected chi connectivity index (χ1v) is 9.07. The van der Waals surface area contributed by atoms with Crippen molar-refractivity contribution in [2.45, 2.75) is 20.0 Å². The Labute approximate surface area is 160 Å². The van der Waals surface area contributed by atoms with Crippen molar-refractivity contribution in [1.82, 2.24) is 15.2 Å². The number of aromatic nitrogens is 1. The first-order chi connectivity index (χ1) is 13.0. The maximum Gasteiger partial charge on any atom is 0.253 e. The largest absolute Gasteiger partial charge is 0.348 e. The van der Waals surface area contributed by atoms with E-state index in [2.05, 4.69) is 27.3 Å². The van der Waals surface area contributed by atoms with E-state index in [0.717, 1.165) is 29.1 Å². The molecule has 0 aliphatic rings. The summed E-state index contributed by atoms with van der Waals surface area (Å²) in [6.07, 6.45) is 0. The van der Waals surface area contributed by atoms with Gasteiger partial charge in [-0.3, -0.25) is 9.78 Å². The van der Waals surface area contributed by atoms with E-state index in [1.807, 2.05) is 75.6 Å². The van der Waals surface area contributed by atoms with Crippen molar-refractivity contribution in [2.24, 2.45) is 0 Å². The zero-order valence-corrected chi connectivity index (χ0v) is 16.1. The van der Waals surface area contributed by atoms with Crippen molar-refractivity contribution in [3.63, 3.8) is 0 Å². The summed E-state index contributed by atoms with van der Waals surface area (Å²) in [5, 5.41) is 3.03. The van der Waals surface area contributed by atoms with Crippen LogP contribution in [0.15, 0.2) is 66.7 Å².